The number of nitrogens with zero attached hydrogens (tertiary/aromatic N) is 1. The van der Waals surface area contributed by atoms with Crippen molar-refractivity contribution in [3.05, 3.63) is 33.2 Å². The fraction of sp³-hybridized carbons (Fsp3) is 0.455. The van der Waals surface area contributed by atoms with Crippen LogP contribution in [0.2, 0.25) is 0 Å². The Morgan fingerprint density at radius 1 is 1.39 bits per heavy atom. The number of rotatable bonds is 1. The van der Waals surface area contributed by atoms with Crippen LogP contribution < -0.4 is 11.0 Å². The number of aromatic nitrogens is 1. The van der Waals surface area contributed by atoms with Crippen LogP contribution in [0.25, 0.3) is 0 Å². The fourth-order valence-electron chi connectivity index (χ4n) is 2.00. The Balaban J connectivity index is 2.34. The predicted octanol–water partition coefficient (Wildman–Crippen LogP) is 1.62. The summed E-state index contributed by atoms with van der Waals surface area (Å²) in [7, 11) is 0. The monoisotopic (exact) mass is 259 g/mol. The highest BCUT2D eigenvalue weighted by atomic mass is 19.4. The molecule has 98 valence electrons. The molecule has 2 heterocycles. The third-order valence-corrected chi connectivity index (χ3v) is 2.80. The predicted molar refractivity (Wildman–Crippen MR) is 60.7 cm³/mol. The molecule has 0 saturated heterocycles. The fourth-order valence-corrected chi connectivity index (χ4v) is 2.00. The van der Waals surface area contributed by atoms with Gasteiger partial charge in [-0.15, -0.1) is 0 Å². The van der Waals surface area contributed by atoms with Crippen LogP contribution in [0.3, 0.4) is 0 Å². The number of aromatic amines is 1. The molecule has 1 aromatic rings. The van der Waals surface area contributed by atoms with E-state index in [0.717, 1.165) is 0 Å². The lowest BCUT2D eigenvalue weighted by molar-refractivity contribution is -0.151. The highest BCUT2D eigenvalue weighted by molar-refractivity contribution is 6.02. The van der Waals surface area contributed by atoms with Gasteiger partial charge in [-0.3, -0.25) is 10.2 Å². The Morgan fingerprint density at radius 2 is 2.06 bits per heavy atom. The minimum Gasteiger partial charge on any atom is -0.326 e. The molecule has 7 heteroatoms. The molecule has 0 fully saturated rings. The molecule has 4 nitrogen and oxygen atoms in total. The van der Waals surface area contributed by atoms with Gasteiger partial charge in [0.1, 0.15) is 6.04 Å². The molecule has 1 atom stereocenters. The van der Waals surface area contributed by atoms with E-state index in [-0.39, 0.29) is 17.7 Å². The molecule has 0 spiro atoms. The Bertz CT molecular complexity index is 560. The zero-order chi connectivity index (χ0) is 13.5. The van der Waals surface area contributed by atoms with Gasteiger partial charge in [0, 0.05) is 12.1 Å². The average Bonchev–Trinajstić information content (AvgIpc) is 2.64. The van der Waals surface area contributed by atoms with Gasteiger partial charge in [-0.2, -0.15) is 18.3 Å². The summed E-state index contributed by atoms with van der Waals surface area (Å²) in [5.41, 5.74) is 3.28. The van der Waals surface area contributed by atoms with Gasteiger partial charge >= 0.3 is 6.18 Å². The average molecular weight is 259 g/mol. The third-order valence-electron chi connectivity index (χ3n) is 2.80. The van der Waals surface area contributed by atoms with E-state index in [1.54, 1.807) is 19.9 Å². The number of nitrogens with one attached hydrogen (secondary N) is 2. The summed E-state index contributed by atoms with van der Waals surface area (Å²) in [4.78, 5) is 14.3. The summed E-state index contributed by atoms with van der Waals surface area (Å²) < 4.78 is 37.5. The first-order valence-corrected chi connectivity index (χ1v) is 5.38. The topological polar surface area (TPSA) is 57.2 Å². The van der Waals surface area contributed by atoms with Crippen LogP contribution in [0.1, 0.15) is 23.2 Å². The van der Waals surface area contributed by atoms with Gasteiger partial charge in [-0.05, 0) is 25.5 Å². The number of halogens is 3. The van der Waals surface area contributed by atoms with Gasteiger partial charge in [0.05, 0.1) is 11.3 Å². The molecule has 0 aliphatic carbocycles. The summed E-state index contributed by atoms with van der Waals surface area (Å²) in [6.45, 7) is 3.40. The molecule has 0 amide bonds. The molecule has 18 heavy (non-hydrogen) atoms. The summed E-state index contributed by atoms with van der Waals surface area (Å²) >= 11 is 0. The van der Waals surface area contributed by atoms with E-state index in [0.29, 0.717) is 11.3 Å². The Labute approximate surface area is 101 Å². The zero-order valence-corrected chi connectivity index (χ0v) is 9.85. The number of hydrogen-bond donors (Lipinski definition) is 2. The molecule has 2 N–H and O–H groups in total. The molecule has 0 saturated carbocycles. The molecule has 0 unspecified atom stereocenters. The van der Waals surface area contributed by atoms with E-state index in [1.165, 1.54) is 0 Å². The lowest BCUT2D eigenvalue weighted by atomic mass is 10.0. The maximum absolute atomic E-state index is 12.5. The van der Waals surface area contributed by atoms with Crippen LogP contribution in [0.4, 0.5) is 13.2 Å². The van der Waals surface area contributed by atoms with Crippen LogP contribution in [0.5, 0.6) is 0 Å². The lowest BCUT2D eigenvalue weighted by Crippen LogP contribution is -2.36. The van der Waals surface area contributed by atoms with Gasteiger partial charge in [-0.1, -0.05) is 0 Å². The second-order valence-corrected chi connectivity index (χ2v) is 4.33. The molecule has 1 aromatic heterocycles. The minimum absolute atomic E-state index is 0.149. The van der Waals surface area contributed by atoms with Crippen LogP contribution in [-0.4, -0.2) is 22.9 Å². The summed E-state index contributed by atoms with van der Waals surface area (Å²) in [6, 6.07) is -0.00668. The van der Waals surface area contributed by atoms with E-state index in [2.05, 4.69) is 10.1 Å². The summed E-state index contributed by atoms with van der Waals surface area (Å²) in [5.74, 6) is 0. The Morgan fingerprint density at radius 3 is 2.56 bits per heavy atom. The van der Waals surface area contributed by atoms with E-state index in [1.807, 2.05) is 5.43 Å². The normalized spacial score (nSPS) is 19.6. The second-order valence-electron chi connectivity index (χ2n) is 4.33. The van der Waals surface area contributed by atoms with Crippen molar-refractivity contribution in [1.82, 2.24) is 10.4 Å². The van der Waals surface area contributed by atoms with Crippen molar-refractivity contribution in [1.29, 1.82) is 0 Å². The standard InChI is InChI=1S/C11H12F3N3O/c1-5-3-6(2)15-10(18)9(5)7-4-8(17-16-7)11(12,13)14/h3,8,17H,4H2,1-2H3,(H,15,18)/t8-/m0/s1. The molecule has 1 aliphatic rings. The number of aryl methyl sites for hydroxylation is 2. The number of alkyl halides is 3. The van der Waals surface area contributed by atoms with E-state index >= 15 is 0 Å². The minimum atomic E-state index is -4.36. The molecular weight excluding hydrogens is 247 g/mol. The van der Waals surface area contributed by atoms with E-state index in [9.17, 15) is 18.0 Å². The van der Waals surface area contributed by atoms with Gasteiger partial charge in [-0.25, -0.2) is 0 Å². The first-order chi connectivity index (χ1) is 8.29. The molecule has 0 bridgehead atoms. The van der Waals surface area contributed by atoms with Crippen molar-refractivity contribution in [2.75, 3.05) is 0 Å². The molecular formula is C11H12F3N3O. The number of hydrazone groups is 1. The quantitative estimate of drug-likeness (QED) is 0.805. The molecule has 2 rings (SSSR count). The zero-order valence-electron chi connectivity index (χ0n) is 9.85. The van der Waals surface area contributed by atoms with Gasteiger partial charge in [0.15, 0.2) is 0 Å². The SMILES string of the molecule is Cc1cc(C)c(C2=NN[C@H](C(F)(F)F)C2)c(=O)[nH]1. The number of hydrogen-bond acceptors (Lipinski definition) is 3. The van der Waals surface area contributed by atoms with Crippen molar-refractivity contribution >= 4 is 5.71 Å². The molecule has 0 radical (unpaired) electrons. The second kappa shape index (κ2) is 4.15. The lowest BCUT2D eigenvalue weighted by Gasteiger charge is -2.13. The van der Waals surface area contributed by atoms with Crippen molar-refractivity contribution in [3.63, 3.8) is 0 Å². The van der Waals surface area contributed by atoms with Crippen molar-refractivity contribution in [2.45, 2.75) is 32.5 Å². The molecule has 1 aliphatic heterocycles. The highest BCUT2D eigenvalue weighted by Crippen LogP contribution is 2.26. The van der Waals surface area contributed by atoms with E-state index in [4.69, 9.17) is 0 Å². The van der Waals surface area contributed by atoms with Crippen LogP contribution >= 0.6 is 0 Å². The van der Waals surface area contributed by atoms with E-state index < -0.39 is 17.8 Å². The summed E-state index contributed by atoms with van der Waals surface area (Å²) in [5, 5.41) is 3.63. The smallest absolute Gasteiger partial charge is 0.326 e. The first kappa shape index (κ1) is 12.7. The summed E-state index contributed by atoms with van der Waals surface area (Å²) in [6.07, 6.45) is -4.69. The number of H-pyrrole nitrogens is 1. The third kappa shape index (κ3) is 2.25. The maximum Gasteiger partial charge on any atom is 0.410 e. The van der Waals surface area contributed by atoms with Crippen LogP contribution in [0.15, 0.2) is 16.0 Å². The van der Waals surface area contributed by atoms with Crippen molar-refractivity contribution in [2.24, 2.45) is 5.10 Å². The highest BCUT2D eigenvalue weighted by Gasteiger charge is 2.43. The van der Waals surface area contributed by atoms with Crippen molar-refractivity contribution < 1.29 is 13.2 Å². The maximum atomic E-state index is 12.5. The van der Waals surface area contributed by atoms with Crippen LogP contribution in [-0.2, 0) is 0 Å². The van der Waals surface area contributed by atoms with Gasteiger partial charge in [0.25, 0.3) is 5.56 Å². The largest absolute Gasteiger partial charge is 0.410 e. The van der Waals surface area contributed by atoms with Gasteiger partial charge in [0.2, 0.25) is 0 Å². The Kier molecular flexibility index (Phi) is 2.92. The Hall–Kier alpha value is -1.79. The van der Waals surface area contributed by atoms with Crippen LogP contribution in [0, 0.1) is 13.8 Å². The number of pyridine rings is 1. The van der Waals surface area contributed by atoms with Crippen molar-refractivity contribution in [3.8, 4) is 0 Å². The molecule has 0 aromatic carbocycles. The first-order valence-electron chi connectivity index (χ1n) is 5.38. The van der Waals surface area contributed by atoms with Gasteiger partial charge < -0.3 is 4.98 Å².